The molecule has 1 aromatic heterocycles. The lowest BCUT2D eigenvalue weighted by molar-refractivity contribution is -0.227. The van der Waals surface area contributed by atoms with E-state index in [2.05, 4.69) is 19.5 Å². The van der Waals surface area contributed by atoms with Crippen molar-refractivity contribution in [3.63, 3.8) is 0 Å². The van der Waals surface area contributed by atoms with Crippen molar-refractivity contribution in [2.75, 3.05) is 0 Å². The minimum atomic E-state index is -5.54. The maximum atomic E-state index is 13.8. The number of hydrogen-bond acceptors (Lipinski definition) is 8. The predicted molar refractivity (Wildman–Crippen MR) is 150 cm³/mol. The second-order valence-corrected chi connectivity index (χ2v) is 13.7. The third-order valence-electron chi connectivity index (χ3n) is 6.53. The van der Waals surface area contributed by atoms with Crippen LogP contribution in [0.4, 0.5) is 13.2 Å². The molecule has 1 saturated heterocycles. The number of hydrogen-bond donors (Lipinski definition) is 4. The lowest BCUT2D eigenvalue weighted by Gasteiger charge is -2.33. The fraction of sp³-hybridized carbons (Fsp3) is 0.192. The van der Waals surface area contributed by atoms with Gasteiger partial charge in [-0.1, -0.05) is 54.1 Å². The van der Waals surface area contributed by atoms with Gasteiger partial charge in [-0.25, -0.2) is 18.2 Å². The number of H-pyrrole nitrogens is 1. The number of alkyl halides is 3. The molecule has 3 aromatic carbocycles. The fourth-order valence-electron chi connectivity index (χ4n) is 4.51. The maximum Gasteiger partial charge on any atom is 0.492 e. The summed E-state index contributed by atoms with van der Waals surface area (Å²) in [5.41, 5.74) is 1.53. The quantitative estimate of drug-likeness (QED) is 0.182. The van der Waals surface area contributed by atoms with Crippen molar-refractivity contribution in [2.45, 2.75) is 35.2 Å². The number of aromatic nitrogens is 2. The van der Waals surface area contributed by atoms with Gasteiger partial charge in [0.25, 0.3) is 10.0 Å². The second-order valence-electron chi connectivity index (χ2n) is 9.51. The highest BCUT2D eigenvalue weighted by molar-refractivity contribution is 8.23. The molecule has 0 saturated carbocycles. The highest BCUT2D eigenvalue weighted by Gasteiger charge is 2.47. The number of carbonyl (C=O) groups is 2. The number of aromatic amines is 1. The molecule has 5 rings (SSSR count). The Labute approximate surface area is 249 Å². The standard InChI is InChI=1S/C26H22ClF3N4O7S2/c27-17-4-3-5-18(13-17)43(39,40)34(41-25(36)26(28,29)30)21(24-31-19-6-1-2-7-20(19)32-24)12-15-8-10-16(11-9-15)22-14-23(35)33-42(22,37)38/h1-11,13,21-22,37-38H,12,14H2,(H,31,32)(H,33,35)/t21-,22?/m0/s1. The van der Waals surface area contributed by atoms with E-state index in [9.17, 15) is 40.3 Å². The van der Waals surface area contributed by atoms with E-state index in [1.165, 1.54) is 36.4 Å². The van der Waals surface area contributed by atoms with Crippen LogP contribution in [0, 0.1) is 0 Å². The molecule has 11 nitrogen and oxygen atoms in total. The molecule has 1 aliphatic heterocycles. The molecular formula is C26H22ClF3N4O7S2. The molecule has 0 bridgehead atoms. The van der Waals surface area contributed by atoms with E-state index in [0.29, 0.717) is 22.2 Å². The monoisotopic (exact) mass is 658 g/mol. The van der Waals surface area contributed by atoms with E-state index in [0.717, 1.165) is 12.1 Å². The van der Waals surface area contributed by atoms with Crippen LogP contribution < -0.4 is 4.72 Å². The molecule has 2 heterocycles. The van der Waals surface area contributed by atoms with Crippen molar-refractivity contribution < 1.29 is 45.1 Å². The van der Waals surface area contributed by atoms with Gasteiger partial charge in [0, 0.05) is 5.02 Å². The van der Waals surface area contributed by atoms with Crippen LogP contribution >= 0.6 is 22.4 Å². The Morgan fingerprint density at radius 3 is 2.42 bits per heavy atom. The number of nitrogens with one attached hydrogen (secondary N) is 2. The first-order valence-electron chi connectivity index (χ1n) is 12.4. The molecule has 1 aliphatic rings. The Bertz CT molecular complexity index is 1770. The van der Waals surface area contributed by atoms with Crippen LogP contribution in [0.5, 0.6) is 0 Å². The summed E-state index contributed by atoms with van der Waals surface area (Å²) in [6, 6.07) is 15.4. The van der Waals surface area contributed by atoms with E-state index in [-0.39, 0.29) is 28.2 Å². The summed E-state index contributed by atoms with van der Waals surface area (Å²) in [5, 5.41) is -0.974. The first-order valence-corrected chi connectivity index (χ1v) is 15.8. The Kier molecular flexibility index (Phi) is 8.19. The number of imidazole rings is 1. The van der Waals surface area contributed by atoms with Crippen LogP contribution in [-0.2, 0) is 30.9 Å². The number of carbonyl (C=O) groups excluding carboxylic acids is 2. The minimum absolute atomic E-state index is 0.0371. The van der Waals surface area contributed by atoms with Crippen molar-refractivity contribution >= 4 is 55.3 Å². The van der Waals surface area contributed by atoms with E-state index in [1.807, 2.05) is 0 Å². The van der Waals surface area contributed by atoms with Crippen molar-refractivity contribution in [1.82, 2.24) is 19.2 Å². The van der Waals surface area contributed by atoms with Gasteiger partial charge >= 0.3 is 12.1 Å². The summed E-state index contributed by atoms with van der Waals surface area (Å²) in [5.74, 6) is -3.46. The van der Waals surface area contributed by atoms with Gasteiger partial charge in [0.1, 0.15) is 17.1 Å². The molecule has 0 spiro atoms. The Hall–Kier alpha value is -3.67. The van der Waals surface area contributed by atoms with Gasteiger partial charge in [0.2, 0.25) is 5.91 Å². The maximum absolute atomic E-state index is 13.8. The van der Waals surface area contributed by atoms with Gasteiger partial charge in [-0.05, 0) is 52.3 Å². The largest absolute Gasteiger partial charge is 0.492 e. The van der Waals surface area contributed by atoms with E-state index >= 15 is 0 Å². The fourth-order valence-corrected chi connectivity index (χ4v) is 7.66. The van der Waals surface area contributed by atoms with E-state index in [4.69, 9.17) is 11.6 Å². The molecule has 4 N–H and O–H groups in total. The molecule has 1 unspecified atom stereocenters. The molecular weight excluding hydrogens is 637 g/mol. The van der Waals surface area contributed by atoms with Gasteiger partial charge in [-0.2, -0.15) is 13.2 Å². The second kappa shape index (κ2) is 11.4. The topological polar surface area (TPSA) is 162 Å². The smallest absolute Gasteiger partial charge is 0.344 e. The van der Waals surface area contributed by atoms with Crippen LogP contribution in [0.25, 0.3) is 11.0 Å². The number of para-hydroxylation sites is 2. The molecule has 2 atom stereocenters. The number of benzene rings is 3. The zero-order valence-corrected chi connectivity index (χ0v) is 24.0. The molecule has 4 aromatic rings. The number of amides is 1. The summed E-state index contributed by atoms with van der Waals surface area (Å²) in [6.45, 7) is 0. The average molecular weight is 659 g/mol. The van der Waals surface area contributed by atoms with Crippen LogP contribution in [0.3, 0.4) is 0 Å². The van der Waals surface area contributed by atoms with E-state index in [1.54, 1.807) is 24.3 Å². The van der Waals surface area contributed by atoms with Crippen molar-refractivity contribution in [3.05, 3.63) is 94.8 Å². The molecule has 228 valence electrons. The molecule has 0 aliphatic carbocycles. The normalized spacial score (nSPS) is 18.4. The Morgan fingerprint density at radius 2 is 1.81 bits per heavy atom. The summed E-state index contributed by atoms with van der Waals surface area (Å²) in [6.07, 6.45) is -6.08. The van der Waals surface area contributed by atoms with Crippen LogP contribution in [0.15, 0.2) is 77.7 Å². The average Bonchev–Trinajstić information content (AvgIpc) is 3.49. The van der Waals surface area contributed by atoms with Gasteiger partial charge in [0.05, 0.1) is 22.3 Å². The summed E-state index contributed by atoms with van der Waals surface area (Å²) < 4.78 is 90.3. The van der Waals surface area contributed by atoms with Gasteiger partial charge in [0.15, 0.2) is 0 Å². The third kappa shape index (κ3) is 6.48. The highest BCUT2D eigenvalue weighted by atomic mass is 35.5. The van der Waals surface area contributed by atoms with Crippen LogP contribution in [0.2, 0.25) is 5.02 Å². The lowest BCUT2D eigenvalue weighted by Crippen LogP contribution is -2.42. The highest BCUT2D eigenvalue weighted by Crippen LogP contribution is 2.56. The SMILES string of the molecule is O=C1CC(c2ccc(C[C@@H](c3nc4ccccc4[nH]3)N(OC(=O)C(F)(F)F)S(=O)(=O)c3cccc(Cl)c3)cc2)S(O)(O)N1. The predicted octanol–water partition coefficient (Wildman–Crippen LogP) is 5.44. The summed E-state index contributed by atoms with van der Waals surface area (Å²) in [4.78, 5) is 35.1. The van der Waals surface area contributed by atoms with Crippen molar-refractivity contribution in [3.8, 4) is 0 Å². The van der Waals surface area contributed by atoms with Gasteiger partial charge in [-0.3, -0.25) is 18.6 Å². The number of rotatable bonds is 8. The number of hydroxylamine groups is 1. The zero-order chi connectivity index (χ0) is 31.2. The third-order valence-corrected chi connectivity index (χ3v) is 10.2. The number of sulfonamides is 1. The first-order chi connectivity index (χ1) is 20.1. The molecule has 17 heteroatoms. The van der Waals surface area contributed by atoms with E-state index < -0.39 is 55.0 Å². The van der Waals surface area contributed by atoms with Crippen LogP contribution in [0.1, 0.15) is 34.7 Å². The first kappa shape index (κ1) is 30.8. The molecule has 1 fully saturated rings. The molecule has 43 heavy (non-hydrogen) atoms. The lowest BCUT2D eigenvalue weighted by atomic mass is 10.0. The zero-order valence-electron chi connectivity index (χ0n) is 21.7. The molecule has 1 amide bonds. The molecule has 0 radical (unpaired) electrons. The van der Waals surface area contributed by atoms with Crippen molar-refractivity contribution in [2.24, 2.45) is 0 Å². The Morgan fingerprint density at radius 1 is 1.12 bits per heavy atom. The summed E-state index contributed by atoms with van der Waals surface area (Å²) >= 11 is 5.96. The summed E-state index contributed by atoms with van der Waals surface area (Å²) in [7, 11) is -8.44. The number of halogens is 4. The Balaban J connectivity index is 1.60. The minimum Gasteiger partial charge on any atom is -0.344 e. The van der Waals surface area contributed by atoms with Crippen molar-refractivity contribution in [1.29, 1.82) is 0 Å². The van der Waals surface area contributed by atoms with Gasteiger partial charge < -0.3 is 9.82 Å². The number of nitrogens with zero attached hydrogens (tertiary/aromatic N) is 2. The van der Waals surface area contributed by atoms with Crippen LogP contribution in [-0.4, -0.2) is 50.0 Å². The number of fused-ring (bicyclic) bond motifs is 1. The van der Waals surface area contributed by atoms with Gasteiger partial charge in [-0.15, -0.1) is 10.8 Å².